The van der Waals surface area contributed by atoms with Crippen LogP contribution in [0.4, 0.5) is 11.5 Å². The fourth-order valence-corrected chi connectivity index (χ4v) is 5.40. The number of pyridine rings is 2. The molecule has 4 rings (SSSR count). The quantitative estimate of drug-likeness (QED) is 0.757. The Bertz CT molecular complexity index is 981. The van der Waals surface area contributed by atoms with Gasteiger partial charge in [-0.05, 0) is 30.7 Å². The summed E-state index contributed by atoms with van der Waals surface area (Å²) in [4.78, 5) is 14.2. The van der Waals surface area contributed by atoms with Crippen LogP contribution in [-0.2, 0) is 10.0 Å². The third kappa shape index (κ3) is 4.01. The fraction of sp³-hybridized carbons (Fsp3) is 0.368. The molecule has 7 nitrogen and oxygen atoms in total. The van der Waals surface area contributed by atoms with Crippen LogP contribution in [0.5, 0.6) is 0 Å². The molecule has 0 radical (unpaired) electrons. The zero-order valence-corrected chi connectivity index (χ0v) is 17.5. The maximum atomic E-state index is 11.8. The van der Waals surface area contributed by atoms with Gasteiger partial charge >= 0.3 is 0 Å². The van der Waals surface area contributed by atoms with Crippen molar-refractivity contribution in [2.24, 2.45) is 0 Å². The standard InChI is InChI=1S/C19H23N5O2S2/c1-15-12-23(28(2,25)26)9-10-24(15)17-5-8-21-19(11-17)22-13-18(27-14-22)16-3-6-20-7-4-16/h3-8,11,13,15H,9-10,12,14H2,1-2H3/t15-/m1/s1. The Labute approximate surface area is 170 Å². The summed E-state index contributed by atoms with van der Waals surface area (Å²) < 4.78 is 25.2. The van der Waals surface area contributed by atoms with Crippen molar-refractivity contribution in [3.8, 4) is 0 Å². The minimum atomic E-state index is -3.15. The second-order valence-corrected chi connectivity index (χ2v) is 9.98. The Morgan fingerprint density at radius 3 is 2.64 bits per heavy atom. The average Bonchev–Trinajstić information content (AvgIpc) is 3.18. The van der Waals surface area contributed by atoms with E-state index in [4.69, 9.17) is 0 Å². The summed E-state index contributed by atoms with van der Waals surface area (Å²) in [5, 5.41) is 0. The van der Waals surface area contributed by atoms with Crippen LogP contribution in [-0.4, -0.2) is 60.5 Å². The third-order valence-corrected chi connectivity index (χ3v) is 7.34. The summed E-state index contributed by atoms with van der Waals surface area (Å²) in [6.45, 7) is 3.74. The number of anilines is 2. The number of nitrogens with zero attached hydrogens (tertiary/aromatic N) is 5. The molecule has 1 saturated heterocycles. The molecule has 0 saturated carbocycles. The van der Waals surface area contributed by atoms with Gasteiger partial charge in [0.1, 0.15) is 5.82 Å². The largest absolute Gasteiger partial charge is 0.366 e. The van der Waals surface area contributed by atoms with Crippen LogP contribution in [0.1, 0.15) is 12.5 Å². The van der Waals surface area contributed by atoms with Crippen molar-refractivity contribution in [2.45, 2.75) is 13.0 Å². The van der Waals surface area contributed by atoms with Crippen LogP contribution in [0.2, 0.25) is 0 Å². The normalized spacial score (nSPS) is 21.1. The van der Waals surface area contributed by atoms with Crippen molar-refractivity contribution in [1.29, 1.82) is 0 Å². The molecule has 0 unspecified atom stereocenters. The average molecular weight is 418 g/mol. The van der Waals surface area contributed by atoms with Gasteiger partial charge in [-0.15, -0.1) is 11.8 Å². The molecule has 0 aliphatic carbocycles. The van der Waals surface area contributed by atoms with Gasteiger partial charge in [0.15, 0.2) is 0 Å². The molecular weight excluding hydrogens is 394 g/mol. The summed E-state index contributed by atoms with van der Waals surface area (Å²) >= 11 is 1.78. The van der Waals surface area contributed by atoms with Crippen molar-refractivity contribution < 1.29 is 8.42 Å². The summed E-state index contributed by atoms with van der Waals surface area (Å²) in [5.74, 6) is 1.71. The second kappa shape index (κ2) is 7.73. The molecule has 148 valence electrons. The Balaban J connectivity index is 1.52. The van der Waals surface area contributed by atoms with Crippen molar-refractivity contribution in [1.82, 2.24) is 14.3 Å². The SMILES string of the molecule is C[C@@H]1CN(S(C)(=O)=O)CCN1c1ccnc(N2C=C(c3ccncc3)SC2)c1. The van der Waals surface area contributed by atoms with E-state index in [1.807, 2.05) is 24.4 Å². The van der Waals surface area contributed by atoms with E-state index in [-0.39, 0.29) is 6.04 Å². The fourth-order valence-electron chi connectivity index (χ4n) is 3.51. The van der Waals surface area contributed by atoms with Crippen LogP contribution in [0.3, 0.4) is 0 Å². The molecule has 4 heterocycles. The number of thioether (sulfide) groups is 1. The Kier molecular flexibility index (Phi) is 5.31. The highest BCUT2D eigenvalue weighted by Crippen LogP contribution is 2.36. The second-order valence-electron chi connectivity index (χ2n) is 7.01. The number of rotatable bonds is 4. The highest BCUT2D eigenvalue weighted by atomic mass is 32.2. The zero-order chi connectivity index (χ0) is 19.7. The Hall–Kier alpha value is -2.10. The van der Waals surface area contributed by atoms with Crippen molar-refractivity contribution in [3.05, 3.63) is 54.6 Å². The van der Waals surface area contributed by atoms with Crippen LogP contribution < -0.4 is 9.80 Å². The predicted molar refractivity (Wildman–Crippen MR) is 115 cm³/mol. The van der Waals surface area contributed by atoms with E-state index < -0.39 is 10.0 Å². The lowest BCUT2D eigenvalue weighted by molar-refractivity contribution is 0.345. The summed E-state index contributed by atoms with van der Waals surface area (Å²) in [6, 6.07) is 8.20. The van der Waals surface area contributed by atoms with Gasteiger partial charge < -0.3 is 9.80 Å². The molecule has 2 aromatic heterocycles. The lowest BCUT2D eigenvalue weighted by Gasteiger charge is -2.40. The van der Waals surface area contributed by atoms with E-state index in [1.54, 1.807) is 28.5 Å². The third-order valence-electron chi connectivity index (χ3n) is 5.01. The van der Waals surface area contributed by atoms with E-state index in [9.17, 15) is 8.42 Å². The minimum Gasteiger partial charge on any atom is -0.366 e. The molecule has 0 spiro atoms. The first-order chi connectivity index (χ1) is 13.4. The molecule has 0 N–H and O–H groups in total. The van der Waals surface area contributed by atoms with E-state index in [1.165, 1.54) is 11.2 Å². The molecule has 0 bridgehead atoms. The van der Waals surface area contributed by atoms with Crippen molar-refractivity contribution >= 4 is 38.2 Å². The van der Waals surface area contributed by atoms with Gasteiger partial charge in [0.2, 0.25) is 10.0 Å². The number of piperazine rings is 1. The highest BCUT2D eigenvalue weighted by molar-refractivity contribution is 8.08. The summed E-state index contributed by atoms with van der Waals surface area (Å²) in [7, 11) is -3.15. The van der Waals surface area contributed by atoms with Gasteiger partial charge in [-0.25, -0.2) is 13.4 Å². The van der Waals surface area contributed by atoms with E-state index >= 15 is 0 Å². The molecule has 2 aliphatic rings. The van der Waals surface area contributed by atoms with Crippen molar-refractivity contribution in [3.63, 3.8) is 0 Å². The van der Waals surface area contributed by atoms with Gasteiger partial charge in [0.25, 0.3) is 0 Å². The van der Waals surface area contributed by atoms with E-state index in [0.717, 1.165) is 22.9 Å². The molecule has 2 aromatic rings. The van der Waals surface area contributed by atoms with Gasteiger partial charge in [0, 0.05) is 67.1 Å². The van der Waals surface area contributed by atoms with Gasteiger partial charge in [-0.2, -0.15) is 4.31 Å². The molecule has 9 heteroatoms. The zero-order valence-electron chi connectivity index (χ0n) is 15.9. The molecular formula is C19H23N5O2S2. The van der Waals surface area contributed by atoms with E-state index in [0.29, 0.717) is 19.6 Å². The predicted octanol–water partition coefficient (Wildman–Crippen LogP) is 2.46. The molecule has 0 amide bonds. The maximum absolute atomic E-state index is 11.8. The van der Waals surface area contributed by atoms with Crippen molar-refractivity contribution in [2.75, 3.05) is 41.6 Å². The molecule has 2 aliphatic heterocycles. The summed E-state index contributed by atoms with van der Waals surface area (Å²) in [6.07, 6.45) is 8.82. The lowest BCUT2D eigenvalue weighted by atomic mass is 10.2. The number of aromatic nitrogens is 2. The molecule has 1 atom stereocenters. The van der Waals surface area contributed by atoms with Crippen LogP contribution in [0, 0.1) is 0 Å². The van der Waals surface area contributed by atoms with Gasteiger partial charge in [0.05, 0.1) is 12.1 Å². The summed E-state index contributed by atoms with van der Waals surface area (Å²) in [5.41, 5.74) is 2.23. The van der Waals surface area contributed by atoms with Gasteiger partial charge in [-0.1, -0.05) is 0 Å². The molecule has 0 aromatic carbocycles. The highest BCUT2D eigenvalue weighted by Gasteiger charge is 2.29. The number of sulfonamides is 1. The lowest BCUT2D eigenvalue weighted by Crippen LogP contribution is -2.53. The number of hydrogen-bond donors (Lipinski definition) is 0. The first kappa shape index (κ1) is 19.2. The molecule has 28 heavy (non-hydrogen) atoms. The van der Waals surface area contributed by atoms with Crippen LogP contribution in [0.25, 0.3) is 4.91 Å². The monoisotopic (exact) mass is 417 g/mol. The van der Waals surface area contributed by atoms with Crippen LogP contribution in [0.15, 0.2) is 49.1 Å². The first-order valence-electron chi connectivity index (χ1n) is 9.11. The van der Waals surface area contributed by atoms with Gasteiger partial charge in [-0.3, -0.25) is 4.98 Å². The van der Waals surface area contributed by atoms with E-state index in [2.05, 4.69) is 39.0 Å². The maximum Gasteiger partial charge on any atom is 0.211 e. The smallest absolute Gasteiger partial charge is 0.211 e. The Morgan fingerprint density at radius 1 is 1.14 bits per heavy atom. The first-order valence-corrected chi connectivity index (χ1v) is 11.9. The minimum absolute atomic E-state index is 0.106. The van der Waals surface area contributed by atoms with Crippen LogP contribution >= 0.6 is 11.8 Å². The Morgan fingerprint density at radius 2 is 1.93 bits per heavy atom. The number of hydrogen-bond acceptors (Lipinski definition) is 7. The topological polar surface area (TPSA) is 69.6 Å². The molecule has 1 fully saturated rings.